The molecule has 0 aliphatic heterocycles. The van der Waals surface area contributed by atoms with Gasteiger partial charge in [0.2, 0.25) is 0 Å². The minimum Gasteiger partial charge on any atom is -0.478 e. The third kappa shape index (κ3) is 2.80. The van der Waals surface area contributed by atoms with Crippen LogP contribution < -0.4 is 10.6 Å². The van der Waals surface area contributed by atoms with Crippen molar-refractivity contribution in [2.45, 2.75) is 13.3 Å². The van der Waals surface area contributed by atoms with Crippen LogP contribution in [0, 0.1) is 5.82 Å². The fourth-order valence-electron chi connectivity index (χ4n) is 1.81. The molecule has 0 aromatic heterocycles. The normalized spacial score (nSPS) is 10.1. The van der Waals surface area contributed by atoms with Crippen molar-refractivity contribution < 1.29 is 14.3 Å². The monoisotopic (exact) mass is 252 g/mol. The van der Waals surface area contributed by atoms with Crippen LogP contribution in [0.5, 0.6) is 0 Å². The van der Waals surface area contributed by atoms with E-state index in [1.54, 1.807) is 6.08 Å². The van der Waals surface area contributed by atoms with Gasteiger partial charge in [0.05, 0.1) is 11.4 Å². The van der Waals surface area contributed by atoms with E-state index < -0.39 is 11.8 Å². The summed E-state index contributed by atoms with van der Waals surface area (Å²) in [5.74, 6) is -1.95. The molecule has 3 N–H and O–H groups in total. The van der Waals surface area contributed by atoms with E-state index in [2.05, 4.69) is 6.58 Å². The van der Waals surface area contributed by atoms with E-state index in [1.165, 1.54) is 12.1 Å². The molecule has 1 rings (SSSR count). The van der Waals surface area contributed by atoms with Gasteiger partial charge in [-0.1, -0.05) is 13.0 Å². The van der Waals surface area contributed by atoms with Gasteiger partial charge in [-0.05, 0) is 18.6 Å². The van der Waals surface area contributed by atoms with Crippen LogP contribution in [0.15, 0.2) is 24.8 Å². The first-order valence-corrected chi connectivity index (χ1v) is 5.70. The summed E-state index contributed by atoms with van der Waals surface area (Å²) in [7, 11) is 0. The predicted octanol–water partition coefficient (Wildman–Crippen LogP) is 2.51. The number of halogens is 1. The van der Waals surface area contributed by atoms with Crippen molar-refractivity contribution in [2.24, 2.45) is 0 Å². The lowest BCUT2D eigenvalue weighted by Gasteiger charge is -2.25. The first kappa shape index (κ1) is 14.0. The van der Waals surface area contributed by atoms with Gasteiger partial charge in [-0.25, -0.2) is 9.18 Å². The zero-order chi connectivity index (χ0) is 13.7. The molecule has 98 valence electrons. The summed E-state index contributed by atoms with van der Waals surface area (Å²) < 4.78 is 13.3. The van der Waals surface area contributed by atoms with Crippen molar-refractivity contribution in [1.29, 1.82) is 0 Å². The van der Waals surface area contributed by atoms with Crippen LogP contribution in [-0.4, -0.2) is 24.2 Å². The molecule has 0 amide bonds. The van der Waals surface area contributed by atoms with Crippen LogP contribution in [0.2, 0.25) is 0 Å². The molecule has 0 fully saturated rings. The van der Waals surface area contributed by atoms with E-state index in [0.29, 0.717) is 18.8 Å². The molecule has 5 heteroatoms. The molecule has 4 nitrogen and oxygen atoms in total. The number of rotatable bonds is 6. The number of nitrogens with zero attached hydrogens (tertiary/aromatic N) is 1. The topological polar surface area (TPSA) is 66.6 Å². The van der Waals surface area contributed by atoms with Crippen molar-refractivity contribution in [3.05, 3.63) is 36.2 Å². The highest BCUT2D eigenvalue weighted by Crippen LogP contribution is 2.28. The largest absolute Gasteiger partial charge is 0.478 e. The highest BCUT2D eigenvalue weighted by atomic mass is 19.1. The standard InChI is InChI=1S/C13H17FN2O2/c1-3-7-16(8-4-2)10-6-5-9(14)12(15)11(10)13(17)18/h3,5-6H,1,4,7-8,15H2,2H3,(H,17,18). The van der Waals surface area contributed by atoms with Crippen molar-refractivity contribution in [1.82, 2.24) is 0 Å². The third-order valence-corrected chi connectivity index (χ3v) is 2.57. The number of benzene rings is 1. The van der Waals surface area contributed by atoms with Crippen LogP contribution in [0.3, 0.4) is 0 Å². The van der Waals surface area contributed by atoms with Crippen molar-refractivity contribution >= 4 is 17.3 Å². The molecule has 0 saturated carbocycles. The lowest BCUT2D eigenvalue weighted by atomic mass is 10.1. The Morgan fingerprint density at radius 3 is 2.78 bits per heavy atom. The first-order chi connectivity index (χ1) is 8.52. The fraction of sp³-hybridized carbons (Fsp3) is 0.308. The number of anilines is 2. The summed E-state index contributed by atoms with van der Waals surface area (Å²) in [6.45, 7) is 6.74. The lowest BCUT2D eigenvalue weighted by Crippen LogP contribution is -2.26. The van der Waals surface area contributed by atoms with Crippen LogP contribution in [0.1, 0.15) is 23.7 Å². The molecule has 0 atom stereocenters. The molecular formula is C13H17FN2O2. The predicted molar refractivity (Wildman–Crippen MR) is 70.5 cm³/mol. The van der Waals surface area contributed by atoms with Crippen molar-refractivity contribution in [3.63, 3.8) is 0 Å². The van der Waals surface area contributed by atoms with E-state index >= 15 is 0 Å². The zero-order valence-electron chi connectivity index (χ0n) is 10.3. The van der Waals surface area contributed by atoms with Gasteiger partial charge in [-0.3, -0.25) is 0 Å². The molecule has 0 unspecified atom stereocenters. The minimum atomic E-state index is -1.23. The fourth-order valence-corrected chi connectivity index (χ4v) is 1.81. The molecule has 1 aromatic carbocycles. The molecule has 0 radical (unpaired) electrons. The maximum Gasteiger partial charge on any atom is 0.340 e. The quantitative estimate of drug-likeness (QED) is 0.603. The van der Waals surface area contributed by atoms with Crippen LogP contribution in [0.4, 0.5) is 15.8 Å². The van der Waals surface area contributed by atoms with Crippen LogP contribution in [0.25, 0.3) is 0 Å². The van der Waals surface area contributed by atoms with Gasteiger partial charge in [0.1, 0.15) is 11.4 Å². The Kier molecular flexibility index (Phi) is 4.71. The Hall–Kier alpha value is -2.04. The van der Waals surface area contributed by atoms with E-state index in [9.17, 15) is 9.18 Å². The highest BCUT2D eigenvalue weighted by molar-refractivity contribution is 6.00. The van der Waals surface area contributed by atoms with Crippen LogP contribution >= 0.6 is 0 Å². The zero-order valence-corrected chi connectivity index (χ0v) is 10.3. The van der Waals surface area contributed by atoms with Crippen molar-refractivity contribution in [2.75, 3.05) is 23.7 Å². The molecule has 0 saturated heterocycles. The average molecular weight is 252 g/mol. The molecule has 0 aliphatic carbocycles. The first-order valence-electron chi connectivity index (χ1n) is 5.70. The second kappa shape index (κ2) is 6.05. The summed E-state index contributed by atoms with van der Waals surface area (Å²) in [6.07, 6.45) is 2.50. The molecular weight excluding hydrogens is 235 g/mol. The summed E-state index contributed by atoms with van der Waals surface area (Å²) in [4.78, 5) is 13.0. The maximum absolute atomic E-state index is 13.3. The Morgan fingerprint density at radius 2 is 2.28 bits per heavy atom. The van der Waals surface area contributed by atoms with E-state index in [-0.39, 0.29) is 11.3 Å². The number of nitrogen functional groups attached to an aromatic ring is 1. The molecule has 18 heavy (non-hydrogen) atoms. The SMILES string of the molecule is C=CCN(CCC)c1ccc(F)c(N)c1C(=O)O. The molecule has 0 spiro atoms. The second-order valence-corrected chi connectivity index (χ2v) is 3.90. The summed E-state index contributed by atoms with van der Waals surface area (Å²) >= 11 is 0. The Morgan fingerprint density at radius 1 is 1.61 bits per heavy atom. The number of hydrogen-bond donors (Lipinski definition) is 2. The molecule has 0 bridgehead atoms. The van der Waals surface area contributed by atoms with E-state index in [0.717, 1.165) is 6.42 Å². The Balaban J connectivity index is 3.32. The Labute approximate surface area is 106 Å². The van der Waals surface area contributed by atoms with E-state index in [4.69, 9.17) is 10.8 Å². The van der Waals surface area contributed by atoms with Gasteiger partial charge in [-0.2, -0.15) is 0 Å². The Bertz CT molecular complexity index is 461. The van der Waals surface area contributed by atoms with Gasteiger partial charge in [-0.15, -0.1) is 6.58 Å². The summed E-state index contributed by atoms with van der Waals surface area (Å²) in [6, 6.07) is 2.62. The number of nitrogens with two attached hydrogens (primary N) is 1. The van der Waals surface area contributed by atoms with Crippen LogP contribution in [-0.2, 0) is 0 Å². The van der Waals surface area contributed by atoms with Gasteiger partial charge >= 0.3 is 5.97 Å². The highest BCUT2D eigenvalue weighted by Gasteiger charge is 2.20. The number of hydrogen-bond acceptors (Lipinski definition) is 3. The molecule has 0 heterocycles. The average Bonchev–Trinajstić information content (AvgIpc) is 2.31. The van der Waals surface area contributed by atoms with Gasteiger partial charge < -0.3 is 15.7 Å². The van der Waals surface area contributed by atoms with Gasteiger partial charge in [0.15, 0.2) is 0 Å². The number of carbonyl (C=O) groups is 1. The third-order valence-electron chi connectivity index (χ3n) is 2.57. The minimum absolute atomic E-state index is 0.190. The smallest absolute Gasteiger partial charge is 0.340 e. The second-order valence-electron chi connectivity index (χ2n) is 3.90. The van der Waals surface area contributed by atoms with Gasteiger partial charge in [0, 0.05) is 13.1 Å². The maximum atomic E-state index is 13.3. The number of carboxylic acid groups (broad SMARTS) is 1. The molecule has 0 aliphatic rings. The summed E-state index contributed by atoms with van der Waals surface area (Å²) in [5, 5.41) is 9.16. The number of carboxylic acids is 1. The number of aromatic carboxylic acids is 1. The van der Waals surface area contributed by atoms with Gasteiger partial charge in [0.25, 0.3) is 0 Å². The van der Waals surface area contributed by atoms with Crippen molar-refractivity contribution in [3.8, 4) is 0 Å². The lowest BCUT2D eigenvalue weighted by molar-refractivity contribution is 0.0698. The molecule has 1 aromatic rings. The summed E-state index contributed by atoms with van der Waals surface area (Å²) in [5.41, 5.74) is 5.41. The van der Waals surface area contributed by atoms with E-state index in [1.807, 2.05) is 11.8 Å².